The molecule has 3 rings (SSSR count). The lowest BCUT2D eigenvalue weighted by Gasteiger charge is -2.44. The fourth-order valence-electron chi connectivity index (χ4n) is 3.79. The fourth-order valence-corrected chi connectivity index (χ4v) is 4.38. The van der Waals surface area contributed by atoms with E-state index in [0.717, 1.165) is 11.1 Å². The van der Waals surface area contributed by atoms with Crippen LogP contribution in [0.4, 0.5) is 0 Å². The second-order valence-corrected chi connectivity index (χ2v) is 13.7. The summed E-state index contributed by atoms with van der Waals surface area (Å²) in [6.07, 6.45) is 0.509. The van der Waals surface area contributed by atoms with Crippen molar-refractivity contribution in [3.63, 3.8) is 0 Å². The van der Waals surface area contributed by atoms with Gasteiger partial charge in [-0.3, -0.25) is 9.59 Å². The first-order valence-corrected chi connectivity index (χ1v) is 13.8. The van der Waals surface area contributed by atoms with Crippen molar-refractivity contribution in [2.45, 2.75) is 44.1 Å². The third kappa shape index (κ3) is 4.83. The van der Waals surface area contributed by atoms with E-state index in [2.05, 4.69) is 31.1 Å². The standard InChI is InChI=1S/C25H30N2O2Si/c1-26-22(18-19-12-8-6-9-13-19)24(28)27(2)23(25(26)29)21(16-17-30(3,4)5)20-14-10-7-11-15-20/h6-15,21-23H,18H2,1-5H3. The number of nitrogens with zero attached hydrogens (tertiary/aromatic N) is 2. The Kier molecular flexibility index (Phi) is 6.48. The molecule has 1 heterocycles. The van der Waals surface area contributed by atoms with E-state index < -0.39 is 20.2 Å². The van der Waals surface area contributed by atoms with Crippen LogP contribution in [0.2, 0.25) is 19.6 Å². The average Bonchev–Trinajstić information content (AvgIpc) is 2.73. The van der Waals surface area contributed by atoms with Crippen LogP contribution in [0.5, 0.6) is 0 Å². The molecule has 0 aliphatic carbocycles. The van der Waals surface area contributed by atoms with Gasteiger partial charge >= 0.3 is 0 Å². The second-order valence-electron chi connectivity index (χ2n) is 8.96. The van der Waals surface area contributed by atoms with Crippen molar-refractivity contribution in [1.82, 2.24) is 9.80 Å². The van der Waals surface area contributed by atoms with Gasteiger partial charge in [0.25, 0.3) is 0 Å². The van der Waals surface area contributed by atoms with Crippen molar-refractivity contribution < 1.29 is 9.59 Å². The van der Waals surface area contributed by atoms with Crippen molar-refractivity contribution in [3.05, 3.63) is 71.8 Å². The molecule has 2 aromatic rings. The Balaban J connectivity index is 1.96. The van der Waals surface area contributed by atoms with Gasteiger partial charge in [-0.05, 0) is 11.1 Å². The zero-order chi connectivity index (χ0) is 21.9. The number of carbonyl (C=O) groups is 2. The monoisotopic (exact) mass is 418 g/mol. The van der Waals surface area contributed by atoms with E-state index in [0.29, 0.717) is 6.42 Å². The topological polar surface area (TPSA) is 40.6 Å². The van der Waals surface area contributed by atoms with Gasteiger partial charge in [0.2, 0.25) is 11.8 Å². The molecule has 30 heavy (non-hydrogen) atoms. The predicted octanol–water partition coefficient (Wildman–Crippen LogP) is 3.56. The minimum Gasteiger partial charge on any atom is -0.332 e. The van der Waals surface area contributed by atoms with Crippen LogP contribution in [0.1, 0.15) is 17.0 Å². The molecule has 4 nitrogen and oxygen atoms in total. The molecule has 1 aliphatic rings. The van der Waals surface area contributed by atoms with Crippen LogP contribution < -0.4 is 0 Å². The molecule has 156 valence electrons. The average molecular weight is 419 g/mol. The molecule has 0 spiro atoms. The first-order chi connectivity index (χ1) is 14.2. The van der Waals surface area contributed by atoms with Crippen molar-refractivity contribution in [2.75, 3.05) is 14.1 Å². The van der Waals surface area contributed by atoms with Gasteiger partial charge in [0, 0.05) is 20.5 Å². The number of benzene rings is 2. The molecule has 3 unspecified atom stereocenters. The Morgan fingerprint density at radius 3 is 2.00 bits per heavy atom. The van der Waals surface area contributed by atoms with Crippen LogP contribution in [-0.4, -0.2) is 55.9 Å². The van der Waals surface area contributed by atoms with Crippen LogP contribution in [0, 0.1) is 11.5 Å². The van der Waals surface area contributed by atoms with E-state index >= 15 is 0 Å². The molecule has 0 N–H and O–H groups in total. The molecule has 2 aromatic carbocycles. The summed E-state index contributed by atoms with van der Waals surface area (Å²) < 4.78 is 0. The number of amides is 2. The summed E-state index contributed by atoms with van der Waals surface area (Å²) >= 11 is 0. The Labute approximate surface area is 180 Å². The minimum atomic E-state index is -1.65. The van der Waals surface area contributed by atoms with E-state index in [1.54, 1.807) is 23.9 Å². The highest BCUT2D eigenvalue weighted by molar-refractivity contribution is 6.83. The molecule has 1 saturated heterocycles. The van der Waals surface area contributed by atoms with Crippen molar-refractivity contribution in [1.29, 1.82) is 0 Å². The lowest BCUT2D eigenvalue weighted by molar-refractivity contribution is -0.158. The van der Waals surface area contributed by atoms with Crippen molar-refractivity contribution in [3.8, 4) is 11.5 Å². The zero-order valence-electron chi connectivity index (χ0n) is 18.4. The maximum atomic E-state index is 13.5. The SMILES string of the molecule is CN1C(=O)C(C(C#C[Si](C)(C)C)c2ccccc2)N(C)C(=O)C1Cc1ccccc1. The largest absolute Gasteiger partial charge is 0.332 e. The summed E-state index contributed by atoms with van der Waals surface area (Å²) in [5.41, 5.74) is 5.43. The quantitative estimate of drug-likeness (QED) is 0.563. The molecule has 1 fully saturated rings. The molecule has 0 bridgehead atoms. The normalized spacial score (nSPS) is 20.6. The van der Waals surface area contributed by atoms with Gasteiger partial charge in [0.1, 0.15) is 20.2 Å². The van der Waals surface area contributed by atoms with E-state index in [9.17, 15) is 9.59 Å². The van der Waals surface area contributed by atoms with E-state index in [1.165, 1.54) is 0 Å². The molecule has 1 aliphatic heterocycles. The molecule has 2 amide bonds. The highest BCUT2D eigenvalue weighted by atomic mass is 28.3. The number of rotatable bonds is 4. The number of likely N-dealkylation sites (N-methyl/N-ethyl adjacent to an activating group) is 2. The van der Waals surface area contributed by atoms with Gasteiger partial charge in [0.15, 0.2) is 0 Å². The van der Waals surface area contributed by atoms with E-state index in [1.807, 2.05) is 60.7 Å². The molecule has 5 heteroatoms. The molecular formula is C25H30N2O2Si. The maximum absolute atomic E-state index is 13.5. The summed E-state index contributed by atoms with van der Waals surface area (Å²) in [7, 11) is 1.83. The molecule has 0 saturated carbocycles. The summed E-state index contributed by atoms with van der Waals surface area (Å²) in [4.78, 5) is 30.1. The molecular weight excluding hydrogens is 388 g/mol. The van der Waals surface area contributed by atoms with Crippen LogP contribution in [0.25, 0.3) is 0 Å². The Morgan fingerprint density at radius 2 is 1.43 bits per heavy atom. The van der Waals surface area contributed by atoms with E-state index in [-0.39, 0.29) is 17.7 Å². The highest BCUT2D eigenvalue weighted by Gasteiger charge is 2.46. The number of hydrogen-bond donors (Lipinski definition) is 0. The fraction of sp³-hybridized carbons (Fsp3) is 0.360. The highest BCUT2D eigenvalue weighted by Crippen LogP contribution is 2.29. The number of piperazine rings is 1. The van der Waals surface area contributed by atoms with Gasteiger partial charge in [-0.15, -0.1) is 5.54 Å². The second kappa shape index (κ2) is 8.89. The van der Waals surface area contributed by atoms with Crippen LogP contribution in [0.3, 0.4) is 0 Å². The molecule has 3 atom stereocenters. The first kappa shape index (κ1) is 21.9. The first-order valence-electron chi connectivity index (χ1n) is 10.3. The lowest BCUT2D eigenvalue weighted by Crippen LogP contribution is -2.64. The smallest absolute Gasteiger partial charge is 0.247 e. The van der Waals surface area contributed by atoms with E-state index in [4.69, 9.17) is 0 Å². The third-order valence-corrected chi connectivity index (χ3v) is 6.36. The third-order valence-electron chi connectivity index (χ3n) is 5.47. The summed E-state index contributed by atoms with van der Waals surface area (Å²) in [6, 6.07) is 18.6. The van der Waals surface area contributed by atoms with Gasteiger partial charge in [-0.25, -0.2) is 0 Å². The summed E-state index contributed by atoms with van der Waals surface area (Å²) in [6.45, 7) is 6.55. The van der Waals surface area contributed by atoms with Gasteiger partial charge in [0.05, 0.1) is 5.92 Å². The lowest BCUT2D eigenvalue weighted by atomic mass is 9.87. The Morgan fingerprint density at radius 1 is 0.867 bits per heavy atom. The Bertz CT molecular complexity index is 957. The van der Waals surface area contributed by atoms with Gasteiger partial charge < -0.3 is 9.80 Å². The molecule has 0 aromatic heterocycles. The maximum Gasteiger partial charge on any atom is 0.247 e. The zero-order valence-corrected chi connectivity index (χ0v) is 19.4. The molecule has 0 radical (unpaired) electrons. The van der Waals surface area contributed by atoms with Gasteiger partial charge in [-0.2, -0.15) is 0 Å². The van der Waals surface area contributed by atoms with Crippen LogP contribution in [0.15, 0.2) is 60.7 Å². The minimum absolute atomic E-state index is 0.0401. The predicted molar refractivity (Wildman–Crippen MR) is 124 cm³/mol. The van der Waals surface area contributed by atoms with Gasteiger partial charge in [-0.1, -0.05) is 86.2 Å². The van der Waals surface area contributed by atoms with Crippen LogP contribution >= 0.6 is 0 Å². The number of carbonyl (C=O) groups excluding carboxylic acids is 2. The summed E-state index contributed by atoms with van der Waals surface area (Å²) in [5, 5.41) is 0. The van der Waals surface area contributed by atoms with Crippen molar-refractivity contribution >= 4 is 19.9 Å². The Hall–Kier alpha value is -2.84. The van der Waals surface area contributed by atoms with Crippen molar-refractivity contribution in [2.24, 2.45) is 0 Å². The number of hydrogen-bond acceptors (Lipinski definition) is 2. The summed E-state index contributed by atoms with van der Waals surface area (Å²) in [5.74, 6) is 2.94. The van der Waals surface area contributed by atoms with Crippen LogP contribution in [-0.2, 0) is 16.0 Å².